The number of halogens is 1. The molecule has 0 saturated carbocycles. The minimum atomic E-state index is -3.07. The van der Waals surface area contributed by atoms with Gasteiger partial charge in [-0.25, -0.2) is 17.6 Å². The van der Waals surface area contributed by atoms with E-state index in [1.165, 1.54) is 6.07 Å². The summed E-state index contributed by atoms with van der Waals surface area (Å²) in [5, 5.41) is 0.238. The van der Waals surface area contributed by atoms with Gasteiger partial charge in [0.15, 0.2) is 9.84 Å². The number of rotatable bonds is 6. The number of thiophene rings is 1. The summed E-state index contributed by atoms with van der Waals surface area (Å²) in [7, 11) is -3.07. The molecule has 9 heteroatoms. The first-order valence-corrected chi connectivity index (χ1v) is 11.2. The second-order valence-electron chi connectivity index (χ2n) is 6.38. The highest BCUT2D eigenvalue weighted by molar-refractivity contribution is 7.91. The minimum absolute atomic E-state index is 0.0154. The largest absolute Gasteiger partial charge is 0.462 e. The summed E-state index contributed by atoms with van der Waals surface area (Å²) in [5.74, 6) is -1.87. The fourth-order valence-corrected chi connectivity index (χ4v) is 6.12. The van der Waals surface area contributed by atoms with Crippen molar-refractivity contribution in [2.24, 2.45) is 5.92 Å². The summed E-state index contributed by atoms with van der Waals surface area (Å²) in [5.41, 5.74) is 0.277. The molecule has 0 radical (unpaired) electrons. The molecule has 6 nitrogen and oxygen atoms in total. The van der Waals surface area contributed by atoms with E-state index in [4.69, 9.17) is 9.47 Å². The molecule has 1 saturated heterocycles. The van der Waals surface area contributed by atoms with Crippen LogP contribution in [0, 0.1) is 11.7 Å². The molecular formula is C18H19FO6S2. The van der Waals surface area contributed by atoms with Gasteiger partial charge >= 0.3 is 11.9 Å². The molecule has 27 heavy (non-hydrogen) atoms. The first-order chi connectivity index (χ1) is 12.8. The highest BCUT2D eigenvalue weighted by Crippen LogP contribution is 2.34. The third-order valence-electron chi connectivity index (χ3n) is 4.38. The molecule has 1 aromatic carbocycles. The van der Waals surface area contributed by atoms with Crippen LogP contribution >= 0.6 is 11.3 Å². The fraction of sp³-hybridized carbons (Fsp3) is 0.444. The molecule has 1 atom stereocenters. The van der Waals surface area contributed by atoms with Gasteiger partial charge in [0.25, 0.3) is 0 Å². The third kappa shape index (κ3) is 4.47. The fourth-order valence-electron chi connectivity index (χ4n) is 3.15. The summed E-state index contributed by atoms with van der Waals surface area (Å²) >= 11 is 1.09. The molecule has 1 aliphatic heterocycles. The SMILES string of the molecule is CCOC(=O)c1sc2cccc(F)c2c1COC(=O)C[C@@H]1CCS(=O)(=O)C1. The van der Waals surface area contributed by atoms with E-state index < -0.39 is 27.6 Å². The second-order valence-corrected chi connectivity index (χ2v) is 9.66. The van der Waals surface area contributed by atoms with Gasteiger partial charge in [-0.2, -0.15) is 0 Å². The highest BCUT2D eigenvalue weighted by Gasteiger charge is 2.30. The van der Waals surface area contributed by atoms with Gasteiger partial charge in [-0.05, 0) is 31.4 Å². The zero-order valence-corrected chi connectivity index (χ0v) is 16.3. The van der Waals surface area contributed by atoms with Crippen LogP contribution in [-0.4, -0.2) is 38.5 Å². The quantitative estimate of drug-likeness (QED) is 0.675. The van der Waals surface area contributed by atoms with Crippen molar-refractivity contribution in [3.05, 3.63) is 34.5 Å². The third-order valence-corrected chi connectivity index (χ3v) is 7.40. The molecule has 146 valence electrons. The Kier molecular flexibility index (Phi) is 5.81. The van der Waals surface area contributed by atoms with Crippen LogP contribution < -0.4 is 0 Å². The maximum Gasteiger partial charge on any atom is 0.348 e. The van der Waals surface area contributed by atoms with Gasteiger partial charge in [-0.1, -0.05) is 6.07 Å². The van der Waals surface area contributed by atoms with Crippen molar-refractivity contribution in [3.63, 3.8) is 0 Å². The Bertz CT molecular complexity index is 979. The van der Waals surface area contributed by atoms with Crippen molar-refractivity contribution in [1.29, 1.82) is 0 Å². The first kappa shape index (κ1) is 19.8. The van der Waals surface area contributed by atoms with Crippen molar-refractivity contribution in [2.45, 2.75) is 26.4 Å². The maximum absolute atomic E-state index is 14.3. The van der Waals surface area contributed by atoms with E-state index in [1.807, 2.05) is 0 Å². The molecule has 0 spiro atoms. The molecule has 2 heterocycles. The average Bonchev–Trinajstić information content (AvgIpc) is 3.14. The lowest BCUT2D eigenvalue weighted by molar-refractivity contribution is -0.145. The molecule has 0 bridgehead atoms. The lowest BCUT2D eigenvalue weighted by Crippen LogP contribution is -2.14. The van der Waals surface area contributed by atoms with Gasteiger partial charge in [-0.3, -0.25) is 4.79 Å². The number of sulfone groups is 1. The molecule has 1 aromatic heterocycles. The Morgan fingerprint density at radius 1 is 1.30 bits per heavy atom. The molecule has 1 fully saturated rings. The standard InChI is InChI=1S/C18H19FO6S2/c1-2-24-18(21)17-12(16-13(19)4-3-5-14(16)26-17)9-25-15(20)8-11-6-7-27(22,23)10-11/h3-5,11H,2,6-10H2,1H3/t11-/m0/s1. The lowest BCUT2D eigenvalue weighted by Gasteiger charge is -2.09. The van der Waals surface area contributed by atoms with Gasteiger partial charge < -0.3 is 9.47 Å². The number of benzene rings is 1. The number of carbonyl (C=O) groups is 2. The predicted octanol–water partition coefficient (Wildman–Crippen LogP) is 3.09. The monoisotopic (exact) mass is 414 g/mol. The van der Waals surface area contributed by atoms with Crippen LogP contribution in [0.15, 0.2) is 18.2 Å². The Morgan fingerprint density at radius 3 is 2.74 bits per heavy atom. The van der Waals surface area contributed by atoms with Crippen LogP contribution in [0.25, 0.3) is 10.1 Å². The van der Waals surface area contributed by atoms with Gasteiger partial charge in [0.2, 0.25) is 0 Å². The topological polar surface area (TPSA) is 86.7 Å². The van der Waals surface area contributed by atoms with Crippen molar-refractivity contribution < 1.29 is 31.9 Å². The Hall–Kier alpha value is -2.00. The van der Waals surface area contributed by atoms with E-state index in [9.17, 15) is 22.4 Å². The van der Waals surface area contributed by atoms with Crippen LogP contribution in [0.3, 0.4) is 0 Å². The smallest absolute Gasteiger partial charge is 0.348 e. The maximum atomic E-state index is 14.3. The molecule has 0 aliphatic carbocycles. The van der Waals surface area contributed by atoms with Crippen LogP contribution in [0.2, 0.25) is 0 Å². The second kappa shape index (κ2) is 7.93. The number of hydrogen-bond donors (Lipinski definition) is 0. The van der Waals surface area contributed by atoms with Crippen LogP contribution in [0.5, 0.6) is 0 Å². The summed E-state index contributed by atoms with van der Waals surface area (Å²) in [4.78, 5) is 24.5. The van der Waals surface area contributed by atoms with Gasteiger partial charge in [0.05, 0.1) is 18.1 Å². The molecule has 0 N–H and O–H groups in total. The van der Waals surface area contributed by atoms with Gasteiger partial charge in [0.1, 0.15) is 17.3 Å². The molecule has 1 aliphatic rings. The van der Waals surface area contributed by atoms with Crippen molar-refractivity contribution in [3.8, 4) is 0 Å². The van der Waals surface area contributed by atoms with E-state index in [0.717, 1.165) is 11.3 Å². The van der Waals surface area contributed by atoms with Gasteiger partial charge in [0, 0.05) is 22.1 Å². The average molecular weight is 414 g/mol. The van der Waals surface area contributed by atoms with E-state index in [-0.39, 0.29) is 52.9 Å². The summed E-state index contributed by atoms with van der Waals surface area (Å²) in [6.45, 7) is 1.57. The Balaban J connectivity index is 1.78. The lowest BCUT2D eigenvalue weighted by atomic mass is 10.1. The molecular weight excluding hydrogens is 395 g/mol. The van der Waals surface area contributed by atoms with E-state index in [0.29, 0.717) is 11.1 Å². The van der Waals surface area contributed by atoms with Crippen molar-refractivity contribution in [1.82, 2.24) is 0 Å². The normalized spacial score (nSPS) is 18.5. The summed E-state index contributed by atoms with van der Waals surface area (Å²) in [6, 6.07) is 4.50. The Labute approximate surface area is 160 Å². The van der Waals surface area contributed by atoms with Crippen LogP contribution in [0.1, 0.15) is 35.0 Å². The number of fused-ring (bicyclic) bond motifs is 1. The van der Waals surface area contributed by atoms with E-state index in [1.54, 1.807) is 19.1 Å². The number of esters is 2. The predicted molar refractivity (Wildman–Crippen MR) is 98.9 cm³/mol. The van der Waals surface area contributed by atoms with E-state index in [2.05, 4.69) is 0 Å². The number of hydrogen-bond acceptors (Lipinski definition) is 7. The molecule has 3 rings (SSSR count). The van der Waals surface area contributed by atoms with E-state index >= 15 is 0 Å². The summed E-state index contributed by atoms with van der Waals surface area (Å²) in [6.07, 6.45) is 0.417. The minimum Gasteiger partial charge on any atom is -0.462 e. The van der Waals surface area contributed by atoms with Crippen LogP contribution in [-0.2, 0) is 30.7 Å². The summed E-state index contributed by atoms with van der Waals surface area (Å²) < 4.78 is 48.1. The molecule has 2 aromatic rings. The van der Waals surface area contributed by atoms with Crippen LogP contribution in [0.4, 0.5) is 4.39 Å². The Morgan fingerprint density at radius 2 is 2.07 bits per heavy atom. The highest BCUT2D eigenvalue weighted by atomic mass is 32.2. The number of ether oxygens (including phenoxy) is 2. The first-order valence-electron chi connectivity index (χ1n) is 8.53. The zero-order chi connectivity index (χ0) is 19.6. The number of carbonyl (C=O) groups excluding carboxylic acids is 2. The van der Waals surface area contributed by atoms with Gasteiger partial charge in [-0.15, -0.1) is 11.3 Å². The zero-order valence-electron chi connectivity index (χ0n) is 14.7. The van der Waals surface area contributed by atoms with Crippen molar-refractivity contribution >= 4 is 43.2 Å². The molecule has 0 unspecified atom stereocenters. The van der Waals surface area contributed by atoms with Crippen molar-refractivity contribution in [2.75, 3.05) is 18.1 Å². The molecule has 0 amide bonds.